The third kappa shape index (κ3) is 2.75. The van der Waals surface area contributed by atoms with Gasteiger partial charge in [-0.2, -0.15) is 5.26 Å². The van der Waals surface area contributed by atoms with E-state index in [9.17, 15) is 9.18 Å². The van der Waals surface area contributed by atoms with Gasteiger partial charge >= 0.3 is 0 Å². The maximum absolute atomic E-state index is 13.0. The second kappa shape index (κ2) is 5.41. The summed E-state index contributed by atoms with van der Waals surface area (Å²) >= 11 is 0. The summed E-state index contributed by atoms with van der Waals surface area (Å²) in [5.74, 6) is -0.895. The van der Waals surface area contributed by atoms with E-state index < -0.39 is 5.82 Å². The molecule has 20 heavy (non-hydrogen) atoms. The molecular formula is C15H12FN3O. The van der Waals surface area contributed by atoms with Crippen LogP contribution in [0.3, 0.4) is 0 Å². The van der Waals surface area contributed by atoms with Gasteiger partial charge in [0.2, 0.25) is 0 Å². The molecule has 0 aliphatic rings. The van der Waals surface area contributed by atoms with Gasteiger partial charge < -0.3 is 11.1 Å². The van der Waals surface area contributed by atoms with Crippen molar-refractivity contribution in [1.29, 1.82) is 5.26 Å². The van der Waals surface area contributed by atoms with Crippen molar-refractivity contribution in [2.45, 2.75) is 6.92 Å². The molecule has 4 nitrogen and oxygen atoms in total. The summed E-state index contributed by atoms with van der Waals surface area (Å²) in [7, 11) is 0. The molecule has 0 radical (unpaired) electrons. The van der Waals surface area contributed by atoms with Gasteiger partial charge in [-0.05, 0) is 48.9 Å². The maximum atomic E-state index is 13.0. The molecule has 0 heterocycles. The van der Waals surface area contributed by atoms with Crippen LogP contribution < -0.4 is 11.1 Å². The summed E-state index contributed by atoms with van der Waals surface area (Å²) in [4.78, 5) is 12.1. The van der Waals surface area contributed by atoms with Crippen molar-refractivity contribution in [2.24, 2.45) is 0 Å². The highest BCUT2D eigenvalue weighted by Gasteiger charge is 2.12. The van der Waals surface area contributed by atoms with Crippen LogP contribution in [-0.2, 0) is 0 Å². The highest BCUT2D eigenvalue weighted by molar-refractivity contribution is 6.06. The number of benzene rings is 2. The predicted molar refractivity (Wildman–Crippen MR) is 74.7 cm³/mol. The largest absolute Gasteiger partial charge is 0.399 e. The van der Waals surface area contributed by atoms with E-state index in [1.807, 2.05) is 6.07 Å². The molecule has 2 aromatic rings. The SMILES string of the molecule is Cc1cc(N)ccc1C(=O)Nc1ccc(F)cc1C#N. The molecule has 100 valence electrons. The number of halogens is 1. The number of anilines is 2. The number of carbonyl (C=O) groups is 1. The molecule has 0 bridgehead atoms. The minimum atomic E-state index is -0.525. The molecule has 0 aliphatic heterocycles. The standard InChI is InChI=1S/C15H12FN3O/c1-9-6-12(18)3-4-13(9)15(20)19-14-5-2-11(16)7-10(14)8-17/h2-7H,18H2,1H3,(H,19,20). The Balaban J connectivity index is 2.31. The smallest absolute Gasteiger partial charge is 0.255 e. The lowest BCUT2D eigenvalue weighted by Crippen LogP contribution is -2.14. The number of hydrogen-bond donors (Lipinski definition) is 2. The number of rotatable bonds is 2. The van der Waals surface area contributed by atoms with Crippen molar-refractivity contribution in [3.63, 3.8) is 0 Å². The summed E-state index contributed by atoms with van der Waals surface area (Å²) in [6.07, 6.45) is 0. The second-order valence-electron chi connectivity index (χ2n) is 4.33. The zero-order chi connectivity index (χ0) is 14.7. The topological polar surface area (TPSA) is 78.9 Å². The Morgan fingerprint density at radius 1 is 1.30 bits per heavy atom. The van der Waals surface area contributed by atoms with Crippen LogP contribution in [0.25, 0.3) is 0 Å². The van der Waals surface area contributed by atoms with Crippen LogP contribution in [0, 0.1) is 24.1 Å². The summed E-state index contributed by atoms with van der Waals surface area (Å²) in [6.45, 7) is 1.77. The van der Waals surface area contributed by atoms with Gasteiger partial charge in [-0.25, -0.2) is 4.39 Å². The third-order valence-corrected chi connectivity index (χ3v) is 2.85. The first kappa shape index (κ1) is 13.6. The molecule has 0 aromatic heterocycles. The molecule has 5 heteroatoms. The van der Waals surface area contributed by atoms with Gasteiger partial charge in [0.05, 0.1) is 11.3 Å². The Hall–Kier alpha value is -2.87. The van der Waals surface area contributed by atoms with Crippen LogP contribution in [0.2, 0.25) is 0 Å². The number of aryl methyl sites for hydroxylation is 1. The van der Waals surface area contributed by atoms with E-state index in [1.165, 1.54) is 12.1 Å². The van der Waals surface area contributed by atoms with Crippen LogP contribution in [0.4, 0.5) is 15.8 Å². The third-order valence-electron chi connectivity index (χ3n) is 2.85. The normalized spacial score (nSPS) is 9.85. The number of nitrogens with one attached hydrogen (secondary N) is 1. The quantitative estimate of drug-likeness (QED) is 0.823. The first-order valence-electron chi connectivity index (χ1n) is 5.88. The lowest BCUT2D eigenvalue weighted by Gasteiger charge is -2.09. The highest BCUT2D eigenvalue weighted by Crippen LogP contribution is 2.19. The minimum Gasteiger partial charge on any atom is -0.399 e. The summed E-state index contributed by atoms with van der Waals surface area (Å²) in [5, 5.41) is 11.5. The van der Waals surface area contributed by atoms with Gasteiger partial charge in [-0.3, -0.25) is 4.79 Å². The molecule has 0 spiro atoms. The van der Waals surface area contributed by atoms with Crippen molar-refractivity contribution in [3.8, 4) is 6.07 Å². The molecule has 2 rings (SSSR count). The Morgan fingerprint density at radius 2 is 2.05 bits per heavy atom. The van der Waals surface area contributed by atoms with Crippen molar-refractivity contribution in [2.75, 3.05) is 11.1 Å². The lowest BCUT2D eigenvalue weighted by molar-refractivity contribution is 0.102. The van der Waals surface area contributed by atoms with Crippen LogP contribution in [0.5, 0.6) is 0 Å². The molecule has 0 unspecified atom stereocenters. The van der Waals surface area contributed by atoms with Gasteiger partial charge in [-0.15, -0.1) is 0 Å². The lowest BCUT2D eigenvalue weighted by atomic mass is 10.1. The molecule has 0 saturated heterocycles. The number of nitrogens with zero attached hydrogens (tertiary/aromatic N) is 1. The van der Waals surface area contributed by atoms with Gasteiger partial charge in [-0.1, -0.05) is 0 Å². The maximum Gasteiger partial charge on any atom is 0.255 e. The molecule has 1 amide bonds. The number of nitrogen functional groups attached to an aromatic ring is 1. The van der Waals surface area contributed by atoms with E-state index in [0.717, 1.165) is 11.6 Å². The van der Waals surface area contributed by atoms with Crippen molar-refractivity contribution in [1.82, 2.24) is 0 Å². The van der Waals surface area contributed by atoms with E-state index in [2.05, 4.69) is 5.32 Å². The van der Waals surface area contributed by atoms with Crippen LogP contribution in [0.1, 0.15) is 21.5 Å². The van der Waals surface area contributed by atoms with Gasteiger partial charge in [0, 0.05) is 11.3 Å². The van der Waals surface area contributed by atoms with Crippen molar-refractivity contribution in [3.05, 3.63) is 58.9 Å². The Kier molecular flexibility index (Phi) is 3.67. The Morgan fingerprint density at radius 3 is 2.70 bits per heavy atom. The van der Waals surface area contributed by atoms with Crippen molar-refractivity contribution >= 4 is 17.3 Å². The van der Waals surface area contributed by atoms with Gasteiger partial charge in [0.25, 0.3) is 5.91 Å². The average molecular weight is 269 g/mol. The Labute approximate surface area is 115 Å². The molecule has 0 atom stereocenters. The number of amides is 1. The number of carbonyl (C=O) groups excluding carboxylic acids is 1. The van der Waals surface area contributed by atoms with Gasteiger partial charge in [0.15, 0.2) is 0 Å². The molecule has 0 fully saturated rings. The van der Waals surface area contributed by atoms with Crippen LogP contribution in [-0.4, -0.2) is 5.91 Å². The minimum absolute atomic E-state index is 0.0754. The van der Waals surface area contributed by atoms with E-state index in [0.29, 0.717) is 11.3 Å². The van der Waals surface area contributed by atoms with E-state index >= 15 is 0 Å². The number of nitrogens with two attached hydrogens (primary N) is 1. The van der Waals surface area contributed by atoms with Gasteiger partial charge in [0.1, 0.15) is 11.9 Å². The zero-order valence-corrected chi connectivity index (χ0v) is 10.8. The number of nitriles is 1. The Bertz CT molecular complexity index is 720. The second-order valence-corrected chi connectivity index (χ2v) is 4.33. The molecule has 0 saturated carbocycles. The van der Waals surface area contributed by atoms with E-state index in [-0.39, 0.29) is 17.2 Å². The monoisotopic (exact) mass is 269 g/mol. The first-order valence-corrected chi connectivity index (χ1v) is 5.88. The molecule has 2 aromatic carbocycles. The van der Waals surface area contributed by atoms with Crippen molar-refractivity contribution < 1.29 is 9.18 Å². The molecular weight excluding hydrogens is 257 g/mol. The van der Waals surface area contributed by atoms with Crippen LogP contribution >= 0.6 is 0 Å². The molecule has 0 aliphatic carbocycles. The summed E-state index contributed by atoms with van der Waals surface area (Å²) in [6, 6.07) is 10.4. The summed E-state index contributed by atoms with van der Waals surface area (Å²) in [5.41, 5.74) is 7.72. The summed E-state index contributed by atoms with van der Waals surface area (Å²) < 4.78 is 13.0. The van der Waals surface area contributed by atoms with E-state index in [4.69, 9.17) is 11.0 Å². The average Bonchev–Trinajstić information content (AvgIpc) is 2.40. The van der Waals surface area contributed by atoms with E-state index in [1.54, 1.807) is 25.1 Å². The predicted octanol–water partition coefficient (Wildman–Crippen LogP) is 2.84. The fourth-order valence-corrected chi connectivity index (χ4v) is 1.85. The highest BCUT2D eigenvalue weighted by atomic mass is 19.1. The molecule has 3 N–H and O–H groups in total. The zero-order valence-electron chi connectivity index (χ0n) is 10.8. The first-order chi connectivity index (χ1) is 9.51. The number of hydrogen-bond acceptors (Lipinski definition) is 3. The fourth-order valence-electron chi connectivity index (χ4n) is 1.85. The fraction of sp³-hybridized carbons (Fsp3) is 0.0667. The van der Waals surface area contributed by atoms with Crippen LogP contribution in [0.15, 0.2) is 36.4 Å².